The number of hydrogen-bond donors (Lipinski definition) is 1. The second-order valence-corrected chi connectivity index (χ2v) is 6.38. The summed E-state index contributed by atoms with van der Waals surface area (Å²) in [5, 5.41) is 4.38. The summed E-state index contributed by atoms with van der Waals surface area (Å²) in [7, 11) is 0. The van der Waals surface area contributed by atoms with Crippen molar-refractivity contribution in [2.45, 2.75) is 51.5 Å². The molecule has 1 aliphatic rings. The van der Waals surface area contributed by atoms with E-state index in [0.29, 0.717) is 0 Å². The first-order valence-corrected chi connectivity index (χ1v) is 7.38. The highest BCUT2D eigenvalue weighted by Crippen LogP contribution is 2.38. The molecule has 2 heteroatoms. The summed E-state index contributed by atoms with van der Waals surface area (Å²) in [6.07, 6.45) is 6.26. The fourth-order valence-corrected chi connectivity index (χ4v) is 3.66. The van der Waals surface area contributed by atoms with Crippen LogP contribution in [0.15, 0.2) is 16.8 Å². The summed E-state index contributed by atoms with van der Waals surface area (Å²) in [6.45, 7) is 4.69. The first-order chi connectivity index (χ1) is 7.62. The fraction of sp³-hybridized carbons (Fsp3) is 0.714. The molecular weight excluding hydrogens is 214 g/mol. The molecule has 16 heavy (non-hydrogen) atoms. The molecule has 1 nitrogen and oxygen atoms in total. The van der Waals surface area contributed by atoms with Crippen LogP contribution in [-0.4, -0.2) is 0 Å². The third kappa shape index (κ3) is 2.49. The van der Waals surface area contributed by atoms with Crippen molar-refractivity contribution < 1.29 is 0 Å². The van der Waals surface area contributed by atoms with Crippen LogP contribution in [0.1, 0.15) is 51.5 Å². The zero-order chi connectivity index (χ0) is 11.6. The summed E-state index contributed by atoms with van der Waals surface area (Å²) in [5.74, 6) is 1.69. The molecule has 0 aromatic carbocycles. The van der Waals surface area contributed by atoms with Crippen LogP contribution >= 0.6 is 11.3 Å². The number of hydrogen-bond acceptors (Lipinski definition) is 2. The maximum Gasteiger partial charge on any atom is 0.0418 e. The molecule has 1 aliphatic carbocycles. The lowest BCUT2D eigenvalue weighted by molar-refractivity contribution is 0.325. The molecule has 0 aliphatic heterocycles. The Hall–Kier alpha value is -0.340. The molecular formula is C14H23NS. The monoisotopic (exact) mass is 237 g/mol. The Bertz CT molecular complexity index is 317. The molecule has 1 aromatic rings. The Morgan fingerprint density at radius 1 is 1.38 bits per heavy atom. The van der Waals surface area contributed by atoms with E-state index in [2.05, 4.69) is 30.7 Å². The van der Waals surface area contributed by atoms with Crippen molar-refractivity contribution in [3.05, 3.63) is 22.4 Å². The van der Waals surface area contributed by atoms with Gasteiger partial charge < -0.3 is 5.73 Å². The number of nitrogens with two attached hydrogens (primary N) is 1. The van der Waals surface area contributed by atoms with Gasteiger partial charge in [-0.25, -0.2) is 0 Å². The van der Waals surface area contributed by atoms with Crippen molar-refractivity contribution in [2.24, 2.45) is 17.6 Å². The maximum atomic E-state index is 6.59. The van der Waals surface area contributed by atoms with Gasteiger partial charge in [0.1, 0.15) is 0 Å². The second kappa shape index (κ2) is 4.89. The van der Waals surface area contributed by atoms with Crippen LogP contribution < -0.4 is 5.73 Å². The number of thiophene rings is 1. The average molecular weight is 237 g/mol. The quantitative estimate of drug-likeness (QED) is 0.769. The lowest BCUT2D eigenvalue weighted by atomic mass is 9.84. The molecule has 2 rings (SSSR count). The van der Waals surface area contributed by atoms with Crippen LogP contribution in [0.25, 0.3) is 0 Å². The van der Waals surface area contributed by atoms with Crippen LogP contribution in [-0.2, 0) is 5.54 Å². The highest BCUT2D eigenvalue weighted by Gasteiger charge is 2.31. The van der Waals surface area contributed by atoms with E-state index in [1.165, 1.54) is 24.8 Å². The smallest absolute Gasteiger partial charge is 0.0418 e. The predicted octanol–water partition coefficient (Wildman–Crippen LogP) is 4.14. The highest BCUT2D eigenvalue weighted by molar-refractivity contribution is 7.08. The van der Waals surface area contributed by atoms with E-state index in [1.54, 1.807) is 11.3 Å². The van der Waals surface area contributed by atoms with Gasteiger partial charge in [0.15, 0.2) is 0 Å². The van der Waals surface area contributed by atoms with E-state index in [9.17, 15) is 0 Å². The fourth-order valence-electron chi connectivity index (χ4n) is 2.90. The zero-order valence-electron chi connectivity index (χ0n) is 10.4. The van der Waals surface area contributed by atoms with Gasteiger partial charge in [-0.1, -0.05) is 26.7 Å². The lowest BCUT2D eigenvalue weighted by Gasteiger charge is -2.27. The Morgan fingerprint density at radius 2 is 2.19 bits per heavy atom. The van der Waals surface area contributed by atoms with E-state index >= 15 is 0 Å². The van der Waals surface area contributed by atoms with E-state index in [-0.39, 0.29) is 5.54 Å². The predicted molar refractivity (Wildman–Crippen MR) is 71.6 cm³/mol. The van der Waals surface area contributed by atoms with E-state index in [1.807, 2.05) is 0 Å². The maximum absolute atomic E-state index is 6.59. The van der Waals surface area contributed by atoms with Crippen molar-refractivity contribution in [1.82, 2.24) is 0 Å². The highest BCUT2D eigenvalue weighted by atomic mass is 32.1. The molecule has 0 amide bonds. The van der Waals surface area contributed by atoms with E-state index in [4.69, 9.17) is 5.73 Å². The standard InChI is InChI=1S/C14H23NS/c1-11(2)12-4-3-7-14(15,8-5-12)13-6-9-16-10-13/h6,9-12H,3-5,7-8,15H2,1-2H3. The average Bonchev–Trinajstić information content (AvgIpc) is 2.70. The van der Waals surface area contributed by atoms with Crippen LogP contribution in [0.4, 0.5) is 0 Å². The molecule has 90 valence electrons. The van der Waals surface area contributed by atoms with Crippen molar-refractivity contribution in [2.75, 3.05) is 0 Å². The SMILES string of the molecule is CC(C)C1CCCC(N)(c2ccsc2)CC1. The topological polar surface area (TPSA) is 26.0 Å². The summed E-state index contributed by atoms with van der Waals surface area (Å²) in [4.78, 5) is 0. The first-order valence-electron chi connectivity index (χ1n) is 6.43. The molecule has 1 heterocycles. The largest absolute Gasteiger partial charge is 0.321 e. The molecule has 0 radical (unpaired) electrons. The Kier molecular flexibility index (Phi) is 3.70. The van der Waals surface area contributed by atoms with Gasteiger partial charge in [0.25, 0.3) is 0 Å². The van der Waals surface area contributed by atoms with Crippen LogP contribution in [0.2, 0.25) is 0 Å². The van der Waals surface area contributed by atoms with Crippen LogP contribution in [0.5, 0.6) is 0 Å². The molecule has 2 N–H and O–H groups in total. The van der Waals surface area contributed by atoms with E-state index < -0.39 is 0 Å². The summed E-state index contributed by atoms with van der Waals surface area (Å²) < 4.78 is 0. The molecule has 2 unspecified atom stereocenters. The minimum absolute atomic E-state index is 0.0381. The lowest BCUT2D eigenvalue weighted by Crippen LogP contribution is -2.35. The molecule has 2 atom stereocenters. The van der Waals surface area contributed by atoms with Gasteiger partial charge in [-0.05, 0) is 53.5 Å². The third-order valence-corrected chi connectivity index (χ3v) is 4.88. The summed E-state index contributed by atoms with van der Waals surface area (Å²) >= 11 is 1.77. The van der Waals surface area contributed by atoms with Gasteiger partial charge in [0.05, 0.1) is 0 Å². The van der Waals surface area contributed by atoms with Crippen LogP contribution in [0, 0.1) is 11.8 Å². The molecule has 0 saturated heterocycles. The minimum atomic E-state index is -0.0381. The molecule has 1 fully saturated rings. The Balaban J connectivity index is 2.08. The Morgan fingerprint density at radius 3 is 2.81 bits per heavy atom. The van der Waals surface area contributed by atoms with Gasteiger partial charge in [-0.2, -0.15) is 11.3 Å². The molecule has 0 spiro atoms. The van der Waals surface area contributed by atoms with Crippen molar-refractivity contribution in [3.63, 3.8) is 0 Å². The van der Waals surface area contributed by atoms with Gasteiger partial charge in [0.2, 0.25) is 0 Å². The van der Waals surface area contributed by atoms with Crippen molar-refractivity contribution in [1.29, 1.82) is 0 Å². The number of rotatable bonds is 2. The third-order valence-electron chi connectivity index (χ3n) is 4.20. The van der Waals surface area contributed by atoms with Gasteiger partial charge in [0, 0.05) is 5.54 Å². The zero-order valence-corrected chi connectivity index (χ0v) is 11.2. The second-order valence-electron chi connectivity index (χ2n) is 5.60. The van der Waals surface area contributed by atoms with Crippen molar-refractivity contribution in [3.8, 4) is 0 Å². The minimum Gasteiger partial charge on any atom is -0.321 e. The van der Waals surface area contributed by atoms with E-state index in [0.717, 1.165) is 24.7 Å². The van der Waals surface area contributed by atoms with Crippen molar-refractivity contribution >= 4 is 11.3 Å². The van der Waals surface area contributed by atoms with Crippen LogP contribution in [0.3, 0.4) is 0 Å². The normalized spacial score (nSPS) is 31.6. The first kappa shape index (κ1) is 12.1. The summed E-state index contributed by atoms with van der Waals surface area (Å²) in [6, 6.07) is 2.21. The van der Waals surface area contributed by atoms with Gasteiger partial charge in [-0.15, -0.1) is 0 Å². The summed E-state index contributed by atoms with van der Waals surface area (Å²) in [5.41, 5.74) is 7.92. The van der Waals surface area contributed by atoms with Gasteiger partial charge in [-0.3, -0.25) is 0 Å². The molecule has 0 bridgehead atoms. The molecule has 1 saturated carbocycles. The Labute approximate surface area is 103 Å². The molecule has 1 aromatic heterocycles. The van der Waals surface area contributed by atoms with Gasteiger partial charge >= 0.3 is 0 Å².